The van der Waals surface area contributed by atoms with E-state index in [0.29, 0.717) is 6.42 Å². The standard InChI is InChI=1S/C9H9ClF3N3O/c10-7-4-5(14-15-7)8(17)16-3-1-2-6(16)9(11,12)13/h4,6H,1-3H2,(H,14,15)/t6-/m1/s1. The van der Waals surface area contributed by atoms with Crippen LogP contribution in [0.25, 0.3) is 0 Å². The number of halogens is 4. The number of nitrogens with zero attached hydrogens (tertiary/aromatic N) is 2. The molecule has 0 bridgehead atoms. The van der Waals surface area contributed by atoms with E-state index in [1.165, 1.54) is 6.07 Å². The summed E-state index contributed by atoms with van der Waals surface area (Å²) in [5.41, 5.74) is -0.0915. The first kappa shape index (κ1) is 12.2. The molecule has 1 atom stereocenters. The van der Waals surface area contributed by atoms with E-state index in [1.807, 2.05) is 0 Å². The first-order valence-electron chi connectivity index (χ1n) is 4.98. The predicted octanol–water partition coefficient (Wildman–Crippen LogP) is 2.23. The van der Waals surface area contributed by atoms with Gasteiger partial charge in [-0.2, -0.15) is 18.3 Å². The number of amides is 1. The van der Waals surface area contributed by atoms with Crippen molar-refractivity contribution >= 4 is 17.5 Å². The molecule has 94 valence electrons. The smallest absolute Gasteiger partial charge is 0.325 e. The Balaban J connectivity index is 2.19. The third-order valence-corrected chi connectivity index (χ3v) is 2.85. The van der Waals surface area contributed by atoms with E-state index in [4.69, 9.17) is 11.6 Å². The molecule has 0 saturated carbocycles. The number of alkyl halides is 3. The number of hydrogen-bond donors (Lipinski definition) is 1. The van der Waals surface area contributed by atoms with Crippen molar-refractivity contribution in [3.8, 4) is 0 Å². The van der Waals surface area contributed by atoms with Crippen molar-refractivity contribution in [3.05, 3.63) is 16.9 Å². The summed E-state index contributed by atoms with van der Waals surface area (Å²) in [6.45, 7) is 0.0908. The number of nitrogens with one attached hydrogen (secondary N) is 1. The van der Waals surface area contributed by atoms with E-state index in [9.17, 15) is 18.0 Å². The van der Waals surface area contributed by atoms with Gasteiger partial charge in [-0.25, -0.2) is 0 Å². The van der Waals surface area contributed by atoms with Crippen LogP contribution in [0.3, 0.4) is 0 Å². The summed E-state index contributed by atoms with van der Waals surface area (Å²) in [5.74, 6) is -0.743. The van der Waals surface area contributed by atoms with Crippen LogP contribution in [0.15, 0.2) is 6.07 Å². The normalized spacial score (nSPS) is 20.9. The molecule has 4 nitrogen and oxygen atoms in total. The lowest BCUT2D eigenvalue weighted by atomic mass is 10.2. The first-order valence-corrected chi connectivity index (χ1v) is 5.36. The SMILES string of the molecule is O=C(c1cc(Cl)[nH]n1)N1CCC[C@@H]1C(F)(F)F. The van der Waals surface area contributed by atoms with Crippen molar-refractivity contribution < 1.29 is 18.0 Å². The fourth-order valence-corrected chi connectivity index (χ4v) is 2.05. The second kappa shape index (κ2) is 4.21. The molecule has 1 fully saturated rings. The van der Waals surface area contributed by atoms with Crippen LogP contribution in [0.5, 0.6) is 0 Å². The van der Waals surface area contributed by atoms with Crippen molar-refractivity contribution in [3.63, 3.8) is 0 Å². The van der Waals surface area contributed by atoms with Crippen molar-refractivity contribution in [1.29, 1.82) is 0 Å². The van der Waals surface area contributed by atoms with Crippen molar-refractivity contribution in [2.75, 3.05) is 6.54 Å². The minimum absolute atomic E-state index is 0.0621. The highest BCUT2D eigenvalue weighted by Gasteiger charge is 2.48. The number of aromatic amines is 1. The van der Waals surface area contributed by atoms with Crippen LogP contribution in [0.2, 0.25) is 5.15 Å². The van der Waals surface area contributed by atoms with Gasteiger partial charge in [0, 0.05) is 12.6 Å². The molecule has 1 aromatic heterocycles. The van der Waals surface area contributed by atoms with Crippen LogP contribution in [-0.2, 0) is 0 Å². The molecule has 0 aliphatic carbocycles. The molecule has 0 unspecified atom stereocenters. The minimum atomic E-state index is -4.40. The molecule has 0 aromatic carbocycles. The topological polar surface area (TPSA) is 49.0 Å². The molecule has 8 heteroatoms. The molecule has 2 heterocycles. The van der Waals surface area contributed by atoms with Crippen LogP contribution < -0.4 is 0 Å². The van der Waals surface area contributed by atoms with Crippen LogP contribution in [0.1, 0.15) is 23.3 Å². The molecule has 0 radical (unpaired) electrons. The van der Waals surface area contributed by atoms with Gasteiger partial charge in [0.2, 0.25) is 0 Å². The number of carbonyl (C=O) groups is 1. The monoisotopic (exact) mass is 267 g/mol. The van der Waals surface area contributed by atoms with E-state index in [2.05, 4.69) is 10.2 Å². The Morgan fingerprint density at radius 1 is 1.59 bits per heavy atom. The van der Waals surface area contributed by atoms with Crippen LogP contribution >= 0.6 is 11.6 Å². The summed E-state index contributed by atoms with van der Waals surface area (Å²) in [6, 6.07) is -0.499. The highest BCUT2D eigenvalue weighted by Crippen LogP contribution is 2.33. The number of rotatable bonds is 1. The zero-order chi connectivity index (χ0) is 12.6. The lowest BCUT2D eigenvalue weighted by Crippen LogP contribution is -2.44. The summed E-state index contributed by atoms with van der Waals surface area (Å²) in [6.07, 6.45) is -4.12. The maximum absolute atomic E-state index is 12.6. The Labute approximate surface area is 99.7 Å². The van der Waals surface area contributed by atoms with Crippen LogP contribution in [-0.4, -0.2) is 39.8 Å². The fourth-order valence-electron chi connectivity index (χ4n) is 1.91. The summed E-state index contributed by atoms with van der Waals surface area (Å²) in [7, 11) is 0. The number of H-pyrrole nitrogens is 1. The zero-order valence-corrected chi connectivity index (χ0v) is 9.35. The average Bonchev–Trinajstić information content (AvgIpc) is 2.83. The molecule has 1 aliphatic rings. The maximum atomic E-state index is 12.6. The zero-order valence-electron chi connectivity index (χ0n) is 8.59. The van der Waals surface area contributed by atoms with Gasteiger partial charge in [0.25, 0.3) is 5.91 Å². The molecule has 0 spiro atoms. The van der Waals surface area contributed by atoms with E-state index < -0.39 is 18.1 Å². The van der Waals surface area contributed by atoms with Gasteiger partial charge in [-0.3, -0.25) is 9.89 Å². The van der Waals surface area contributed by atoms with E-state index in [-0.39, 0.29) is 23.8 Å². The van der Waals surface area contributed by atoms with Crippen molar-refractivity contribution in [2.45, 2.75) is 25.1 Å². The Hall–Kier alpha value is -1.24. The first-order chi connectivity index (χ1) is 7.89. The van der Waals surface area contributed by atoms with Gasteiger partial charge in [-0.05, 0) is 12.8 Å². The Kier molecular flexibility index (Phi) is 3.03. The van der Waals surface area contributed by atoms with Gasteiger partial charge in [-0.1, -0.05) is 11.6 Å². The summed E-state index contributed by atoms with van der Waals surface area (Å²) in [5, 5.41) is 6.00. The van der Waals surface area contributed by atoms with Crippen molar-refractivity contribution in [1.82, 2.24) is 15.1 Å². The average molecular weight is 268 g/mol. The highest BCUT2D eigenvalue weighted by atomic mass is 35.5. The van der Waals surface area contributed by atoms with Gasteiger partial charge in [0.05, 0.1) is 0 Å². The lowest BCUT2D eigenvalue weighted by molar-refractivity contribution is -0.169. The number of likely N-dealkylation sites (tertiary alicyclic amines) is 1. The molecular weight excluding hydrogens is 259 g/mol. The third kappa shape index (κ3) is 2.38. The van der Waals surface area contributed by atoms with Gasteiger partial charge >= 0.3 is 6.18 Å². The summed E-state index contributed by atoms with van der Waals surface area (Å²) < 4.78 is 37.9. The Bertz CT molecular complexity index is 431. The van der Waals surface area contributed by atoms with Gasteiger partial charge in [-0.15, -0.1) is 0 Å². The van der Waals surface area contributed by atoms with Crippen LogP contribution in [0.4, 0.5) is 13.2 Å². The molecule has 1 aromatic rings. The molecule has 1 amide bonds. The molecule has 1 saturated heterocycles. The summed E-state index contributed by atoms with van der Waals surface area (Å²) in [4.78, 5) is 12.6. The number of carbonyl (C=O) groups excluding carboxylic acids is 1. The van der Waals surface area contributed by atoms with E-state index >= 15 is 0 Å². The van der Waals surface area contributed by atoms with E-state index in [1.54, 1.807) is 0 Å². The quantitative estimate of drug-likeness (QED) is 0.848. The lowest BCUT2D eigenvalue weighted by Gasteiger charge is -2.25. The molecule has 1 N–H and O–H groups in total. The third-order valence-electron chi connectivity index (χ3n) is 2.66. The van der Waals surface area contributed by atoms with Crippen LogP contribution in [0, 0.1) is 0 Å². The second-order valence-electron chi connectivity index (χ2n) is 3.80. The van der Waals surface area contributed by atoms with Crippen molar-refractivity contribution in [2.24, 2.45) is 0 Å². The maximum Gasteiger partial charge on any atom is 0.408 e. The largest absolute Gasteiger partial charge is 0.408 e. The Morgan fingerprint density at radius 3 is 2.82 bits per heavy atom. The van der Waals surface area contributed by atoms with Gasteiger partial charge < -0.3 is 4.90 Å². The number of hydrogen-bond acceptors (Lipinski definition) is 2. The van der Waals surface area contributed by atoms with Gasteiger partial charge in [0.1, 0.15) is 11.2 Å². The second-order valence-corrected chi connectivity index (χ2v) is 4.21. The van der Waals surface area contributed by atoms with E-state index in [0.717, 1.165) is 4.90 Å². The predicted molar refractivity (Wildman–Crippen MR) is 53.7 cm³/mol. The molecule has 17 heavy (non-hydrogen) atoms. The molecule has 1 aliphatic heterocycles. The summed E-state index contributed by atoms with van der Waals surface area (Å²) >= 11 is 5.53. The van der Waals surface area contributed by atoms with Gasteiger partial charge in [0.15, 0.2) is 5.69 Å². The molecule has 2 rings (SSSR count). The minimum Gasteiger partial charge on any atom is -0.325 e. The highest BCUT2D eigenvalue weighted by molar-refractivity contribution is 6.29. The molecular formula is C9H9ClF3N3O. The number of aromatic nitrogens is 2. The fraction of sp³-hybridized carbons (Fsp3) is 0.556. The Morgan fingerprint density at radius 2 is 2.29 bits per heavy atom.